The number of rotatable bonds is 4. The van der Waals surface area contributed by atoms with Crippen LogP contribution in [-0.2, 0) is 10.1 Å². The van der Waals surface area contributed by atoms with Gasteiger partial charge in [-0.3, -0.25) is 0 Å². The van der Waals surface area contributed by atoms with E-state index in [0.29, 0.717) is 11.4 Å². The van der Waals surface area contributed by atoms with Gasteiger partial charge in [-0.25, -0.2) is 8.42 Å². The first-order valence-electron chi connectivity index (χ1n) is 8.21. The van der Waals surface area contributed by atoms with Crippen molar-refractivity contribution in [1.29, 1.82) is 5.39 Å². The molecule has 0 spiro atoms. The number of hydrogen-bond acceptors (Lipinski definition) is 6. The highest BCUT2D eigenvalue weighted by molar-refractivity contribution is 7.85. The Bertz CT molecular complexity index is 1060. The van der Waals surface area contributed by atoms with E-state index >= 15 is 0 Å². The van der Waals surface area contributed by atoms with Crippen LogP contribution in [-0.4, -0.2) is 20.1 Å². The molecule has 0 aromatic heterocycles. The SMILES string of the molecule is COc1cc(Nc2ccccc2)ccc1[N+]#N.Cc1ccc(S(=O)(=O)[O-])cc1. The number of diazo groups is 1. The molecule has 8 heteroatoms. The van der Waals surface area contributed by atoms with Gasteiger partial charge in [-0.1, -0.05) is 35.9 Å². The van der Waals surface area contributed by atoms with Crippen molar-refractivity contribution < 1.29 is 17.7 Å². The van der Waals surface area contributed by atoms with E-state index in [9.17, 15) is 13.0 Å². The van der Waals surface area contributed by atoms with Gasteiger partial charge in [0.1, 0.15) is 10.1 Å². The number of para-hydroxylation sites is 1. The van der Waals surface area contributed by atoms with Crippen molar-refractivity contribution >= 4 is 27.2 Å². The Morgan fingerprint density at radius 2 is 1.61 bits per heavy atom. The van der Waals surface area contributed by atoms with E-state index in [-0.39, 0.29) is 4.90 Å². The van der Waals surface area contributed by atoms with E-state index in [4.69, 9.17) is 10.1 Å². The number of nitrogens with zero attached hydrogens (tertiary/aromatic N) is 2. The fourth-order valence-electron chi connectivity index (χ4n) is 2.23. The van der Waals surface area contributed by atoms with Gasteiger partial charge in [-0.15, -0.1) is 0 Å². The molecule has 3 aromatic carbocycles. The molecule has 0 saturated heterocycles. The van der Waals surface area contributed by atoms with Crippen LogP contribution < -0.4 is 10.1 Å². The summed E-state index contributed by atoms with van der Waals surface area (Å²) >= 11 is 0. The van der Waals surface area contributed by atoms with Crippen LogP contribution in [0.25, 0.3) is 4.98 Å². The molecule has 0 radical (unpaired) electrons. The monoisotopic (exact) mass is 397 g/mol. The maximum absolute atomic E-state index is 10.4. The maximum Gasteiger partial charge on any atom is 0.426 e. The number of benzene rings is 3. The average molecular weight is 397 g/mol. The van der Waals surface area contributed by atoms with Crippen LogP contribution in [0.5, 0.6) is 5.75 Å². The molecule has 7 nitrogen and oxygen atoms in total. The molecule has 144 valence electrons. The summed E-state index contributed by atoms with van der Waals surface area (Å²) in [7, 11) is -2.73. The van der Waals surface area contributed by atoms with Crippen LogP contribution in [0.3, 0.4) is 0 Å². The average Bonchev–Trinajstić information content (AvgIpc) is 2.69. The van der Waals surface area contributed by atoms with Crippen molar-refractivity contribution in [2.75, 3.05) is 12.4 Å². The molecule has 0 atom stereocenters. The fraction of sp³-hybridized carbons (Fsp3) is 0.100. The van der Waals surface area contributed by atoms with Crippen LogP contribution >= 0.6 is 0 Å². The molecular formula is C20H19N3O4S. The number of ether oxygens (including phenoxy) is 1. The zero-order chi connectivity index (χ0) is 20.6. The van der Waals surface area contributed by atoms with Gasteiger partial charge in [0.25, 0.3) is 0 Å². The lowest BCUT2D eigenvalue weighted by Crippen LogP contribution is -1.97. The van der Waals surface area contributed by atoms with Crippen LogP contribution in [0.1, 0.15) is 5.56 Å². The van der Waals surface area contributed by atoms with Crippen molar-refractivity contribution in [3.8, 4) is 5.75 Å². The Morgan fingerprint density at radius 1 is 0.964 bits per heavy atom. The van der Waals surface area contributed by atoms with E-state index in [1.807, 2.05) is 43.3 Å². The first kappa shape index (κ1) is 20.9. The largest absolute Gasteiger partial charge is 0.744 e. The van der Waals surface area contributed by atoms with Gasteiger partial charge in [-0.2, -0.15) is 0 Å². The summed E-state index contributed by atoms with van der Waals surface area (Å²) in [5.41, 5.74) is 3.20. The zero-order valence-electron chi connectivity index (χ0n) is 15.4. The molecule has 0 fully saturated rings. The van der Waals surface area contributed by atoms with Crippen molar-refractivity contribution in [2.24, 2.45) is 0 Å². The zero-order valence-corrected chi connectivity index (χ0v) is 16.2. The molecule has 0 amide bonds. The number of hydrogen-bond donors (Lipinski definition) is 1. The summed E-state index contributed by atoms with van der Waals surface area (Å²) in [6.45, 7) is 1.82. The number of methoxy groups -OCH3 is 1. The molecule has 0 saturated carbocycles. The van der Waals surface area contributed by atoms with Crippen LogP contribution in [0, 0.1) is 12.3 Å². The summed E-state index contributed by atoms with van der Waals surface area (Å²) in [5.74, 6) is 0.522. The lowest BCUT2D eigenvalue weighted by Gasteiger charge is -2.06. The molecule has 0 aliphatic rings. The minimum atomic E-state index is -4.27. The summed E-state index contributed by atoms with van der Waals surface area (Å²) in [6, 6.07) is 20.9. The third-order valence-corrected chi connectivity index (χ3v) is 4.51. The summed E-state index contributed by atoms with van der Waals surface area (Å²) in [4.78, 5) is 2.96. The molecule has 1 N–H and O–H groups in total. The molecule has 0 bridgehead atoms. The highest BCUT2D eigenvalue weighted by atomic mass is 32.2. The Kier molecular flexibility index (Phi) is 7.09. The van der Waals surface area contributed by atoms with E-state index in [2.05, 4.69) is 10.3 Å². The lowest BCUT2D eigenvalue weighted by atomic mass is 10.2. The molecule has 3 aromatic rings. The normalized spacial score (nSPS) is 10.2. The van der Waals surface area contributed by atoms with E-state index in [0.717, 1.165) is 16.9 Å². The smallest absolute Gasteiger partial charge is 0.426 e. The second kappa shape index (κ2) is 9.50. The fourth-order valence-corrected chi connectivity index (χ4v) is 2.70. The minimum Gasteiger partial charge on any atom is -0.744 e. The molecule has 0 aliphatic carbocycles. The molecule has 0 unspecified atom stereocenters. The Morgan fingerprint density at radius 3 is 2.14 bits per heavy atom. The quantitative estimate of drug-likeness (QED) is 0.499. The third kappa shape index (κ3) is 6.09. The van der Waals surface area contributed by atoms with Gasteiger partial charge in [0.15, 0.2) is 4.98 Å². The predicted octanol–water partition coefficient (Wildman–Crippen LogP) is 4.82. The maximum atomic E-state index is 10.4. The molecular weight excluding hydrogens is 378 g/mol. The van der Waals surface area contributed by atoms with Gasteiger partial charge < -0.3 is 14.6 Å². The Hall–Kier alpha value is -3.41. The summed E-state index contributed by atoms with van der Waals surface area (Å²) < 4.78 is 36.3. The van der Waals surface area contributed by atoms with E-state index in [1.54, 1.807) is 24.3 Å². The van der Waals surface area contributed by atoms with Gasteiger partial charge in [0.2, 0.25) is 11.1 Å². The molecule has 3 rings (SSSR count). The number of nitrogens with one attached hydrogen (secondary N) is 1. The highest BCUT2D eigenvalue weighted by Crippen LogP contribution is 2.31. The topological polar surface area (TPSA) is 107 Å². The van der Waals surface area contributed by atoms with E-state index < -0.39 is 10.1 Å². The second-order valence-electron chi connectivity index (χ2n) is 5.74. The van der Waals surface area contributed by atoms with Crippen LogP contribution in [0.2, 0.25) is 0 Å². The summed E-state index contributed by atoms with van der Waals surface area (Å²) in [5, 5.41) is 12.0. The third-order valence-electron chi connectivity index (χ3n) is 3.66. The number of anilines is 2. The second-order valence-corrected chi connectivity index (χ2v) is 7.12. The van der Waals surface area contributed by atoms with Gasteiger partial charge in [0.05, 0.1) is 12.0 Å². The molecule has 0 heterocycles. The lowest BCUT2D eigenvalue weighted by molar-refractivity contribution is 0.417. The van der Waals surface area contributed by atoms with Crippen LogP contribution in [0.4, 0.5) is 17.1 Å². The van der Waals surface area contributed by atoms with Gasteiger partial charge in [-0.05, 0) is 37.3 Å². The van der Waals surface area contributed by atoms with Gasteiger partial charge in [0, 0.05) is 23.5 Å². The molecule has 0 aliphatic heterocycles. The number of aryl methyl sites for hydroxylation is 1. The Balaban J connectivity index is 0.000000221. The predicted molar refractivity (Wildman–Crippen MR) is 107 cm³/mol. The van der Waals surface area contributed by atoms with Crippen molar-refractivity contribution in [3.63, 3.8) is 0 Å². The first-order chi connectivity index (χ1) is 13.3. The van der Waals surface area contributed by atoms with Crippen molar-refractivity contribution in [1.82, 2.24) is 0 Å². The minimum absolute atomic E-state index is 0.178. The van der Waals surface area contributed by atoms with Crippen LogP contribution in [0.15, 0.2) is 77.7 Å². The van der Waals surface area contributed by atoms with E-state index in [1.165, 1.54) is 19.2 Å². The Labute approximate surface area is 164 Å². The summed E-state index contributed by atoms with van der Waals surface area (Å²) in [6.07, 6.45) is 0. The van der Waals surface area contributed by atoms with Crippen molar-refractivity contribution in [2.45, 2.75) is 11.8 Å². The standard InChI is InChI=1S/C13H12N3O.C7H8O3S/c1-17-13-9-11(7-8-12(13)16-14)15-10-5-3-2-4-6-10;1-6-2-4-7(5-3-6)11(8,9)10/h2-9,15H,1H3;2-5H,1H3,(H,8,9,10)/q+1;/p-1. The highest BCUT2D eigenvalue weighted by Gasteiger charge is 2.14. The first-order valence-corrected chi connectivity index (χ1v) is 9.62. The van der Waals surface area contributed by atoms with Crippen molar-refractivity contribution in [3.05, 3.63) is 83.3 Å². The van der Waals surface area contributed by atoms with Gasteiger partial charge >= 0.3 is 5.69 Å². The molecule has 28 heavy (non-hydrogen) atoms.